The first-order valence-corrected chi connectivity index (χ1v) is 5.92. The van der Waals surface area contributed by atoms with Gasteiger partial charge in [-0.1, -0.05) is 0 Å². The largest absolute Gasteiger partial charge is 0.475 e. The maximum atomic E-state index is 8.62. The van der Waals surface area contributed by atoms with Crippen LogP contribution in [0.2, 0.25) is 0 Å². The molecule has 0 radical (unpaired) electrons. The smallest absolute Gasteiger partial charge is 0.213 e. The Morgan fingerprint density at radius 1 is 1.41 bits per heavy atom. The van der Waals surface area contributed by atoms with Crippen LogP contribution in [0.15, 0.2) is 18.3 Å². The average Bonchev–Trinajstić information content (AvgIpc) is 2.39. The number of anilines is 1. The van der Waals surface area contributed by atoms with Crippen LogP contribution in [0.25, 0.3) is 0 Å². The summed E-state index contributed by atoms with van der Waals surface area (Å²) in [6.45, 7) is 1.93. The minimum absolute atomic E-state index is 0.00373. The molecule has 0 amide bonds. The third kappa shape index (κ3) is 3.87. The van der Waals surface area contributed by atoms with Gasteiger partial charge in [0, 0.05) is 25.3 Å². The molecule has 5 heteroatoms. The standard InChI is InChI=1S/C12H18N2O3/c15-5-8-17-12-2-1-11(9-13-12)14-10-3-6-16-7-4-10/h1-2,9-10,14-15H,3-8H2. The molecule has 1 aliphatic heterocycles. The third-order valence-electron chi connectivity index (χ3n) is 2.67. The molecule has 2 rings (SSSR count). The number of nitrogens with zero attached hydrogens (tertiary/aromatic N) is 1. The minimum Gasteiger partial charge on any atom is -0.475 e. The fourth-order valence-electron chi connectivity index (χ4n) is 1.78. The van der Waals surface area contributed by atoms with E-state index in [9.17, 15) is 0 Å². The second kappa shape index (κ2) is 6.42. The van der Waals surface area contributed by atoms with E-state index < -0.39 is 0 Å². The van der Waals surface area contributed by atoms with Gasteiger partial charge in [-0.2, -0.15) is 0 Å². The lowest BCUT2D eigenvalue weighted by Gasteiger charge is -2.23. The monoisotopic (exact) mass is 238 g/mol. The van der Waals surface area contributed by atoms with Gasteiger partial charge in [0.1, 0.15) is 6.61 Å². The molecule has 0 spiro atoms. The van der Waals surface area contributed by atoms with E-state index in [1.807, 2.05) is 6.07 Å². The first kappa shape index (κ1) is 12.1. The molecule has 0 bridgehead atoms. The quantitative estimate of drug-likeness (QED) is 0.802. The molecule has 0 saturated carbocycles. The highest BCUT2D eigenvalue weighted by Crippen LogP contribution is 2.16. The van der Waals surface area contributed by atoms with Gasteiger partial charge in [-0.15, -0.1) is 0 Å². The van der Waals surface area contributed by atoms with E-state index in [0.29, 0.717) is 11.9 Å². The van der Waals surface area contributed by atoms with Gasteiger partial charge in [0.15, 0.2) is 0 Å². The highest BCUT2D eigenvalue weighted by Gasteiger charge is 2.13. The van der Waals surface area contributed by atoms with Crippen molar-refractivity contribution in [3.05, 3.63) is 18.3 Å². The number of hydrogen-bond donors (Lipinski definition) is 2. The summed E-state index contributed by atoms with van der Waals surface area (Å²) in [7, 11) is 0. The van der Waals surface area contributed by atoms with Crippen LogP contribution in [0.5, 0.6) is 5.88 Å². The van der Waals surface area contributed by atoms with E-state index in [2.05, 4.69) is 10.3 Å². The number of aromatic nitrogens is 1. The number of hydrogen-bond acceptors (Lipinski definition) is 5. The van der Waals surface area contributed by atoms with Gasteiger partial charge < -0.3 is 19.9 Å². The van der Waals surface area contributed by atoms with Gasteiger partial charge in [-0.25, -0.2) is 4.98 Å². The van der Waals surface area contributed by atoms with Crippen LogP contribution in [-0.2, 0) is 4.74 Å². The van der Waals surface area contributed by atoms with Crippen LogP contribution in [0.3, 0.4) is 0 Å². The van der Waals surface area contributed by atoms with Crippen molar-refractivity contribution in [2.45, 2.75) is 18.9 Å². The summed E-state index contributed by atoms with van der Waals surface area (Å²) in [6.07, 6.45) is 3.81. The Morgan fingerprint density at radius 3 is 2.88 bits per heavy atom. The minimum atomic E-state index is 0.00373. The van der Waals surface area contributed by atoms with Crippen molar-refractivity contribution in [3.63, 3.8) is 0 Å². The number of nitrogens with one attached hydrogen (secondary N) is 1. The maximum absolute atomic E-state index is 8.62. The Morgan fingerprint density at radius 2 is 2.24 bits per heavy atom. The third-order valence-corrected chi connectivity index (χ3v) is 2.67. The molecule has 94 valence electrons. The second-order valence-electron chi connectivity index (χ2n) is 3.99. The summed E-state index contributed by atoms with van der Waals surface area (Å²) in [5.74, 6) is 0.538. The summed E-state index contributed by atoms with van der Waals surface area (Å²) >= 11 is 0. The van der Waals surface area contributed by atoms with Gasteiger partial charge in [0.25, 0.3) is 0 Å². The zero-order chi connectivity index (χ0) is 11.9. The van der Waals surface area contributed by atoms with E-state index in [1.54, 1.807) is 12.3 Å². The van der Waals surface area contributed by atoms with Crippen molar-refractivity contribution in [2.75, 3.05) is 31.7 Å². The topological polar surface area (TPSA) is 63.6 Å². The predicted molar refractivity (Wildman–Crippen MR) is 64.3 cm³/mol. The molecule has 0 unspecified atom stereocenters. The normalized spacial score (nSPS) is 16.8. The lowest BCUT2D eigenvalue weighted by atomic mass is 10.1. The highest BCUT2D eigenvalue weighted by molar-refractivity contribution is 5.43. The molecule has 5 nitrogen and oxygen atoms in total. The zero-order valence-electron chi connectivity index (χ0n) is 9.76. The maximum Gasteiger partial charge on any atom is 0.213 e. The number of ether oxygens (including phenoxy) is 2. The van der Waals surface area contributed by atoms with Crippen molar-refractivity contribution in [3.8, 4) is 5.88 Å². The van der Waals surface area contributed by atoms with Crippen molar-refractivity contribution in [2.24, 2.45) is 0 Å². The van der Waals surface area contributed by atoms with Crippen molar-refractivity contribution in [1.82, 2.24) is 4.98 Å². The Bertz CT molecular complexity index is 323. The number of aliphatic hydroxyl groups is 1. The summed E-state index contributed by atoms with van der Waals surface area (Å²) in [4.78, 5) is 4.15. The fourth-order valence-corrected chi connectivity index (χ4v) is 1.78. The predicted octanol–water partition coefficient (Wildman–Crippen LogP) is 1.04. The van der Waals surface area contributed by atoms with Gasteiger partial charge in [-0.05, 0) is 18.9 Å². The van der Waals surface area contributed by atoms with Crippen LogP contribution >= 0.6 is 0 Å². The van der Waals surface area contributed by atoms with Crippen LogP contribution in [0.4, 0.5) is 5.69 Å². The Labute approximate surface area is 101 Å². The lowest BCUT2D eigenvalue weighted by Crippen LogP contribution is -2.27. The summed E-state index contributed by atoms with van der Waals surface area (Å²) in [6, 6.07) is 4.21. The molecule has 0 aliphatic carbocycles. The van der Waals surface area contributed by atoms with Gasteiger partial charge in [0.2, 0.25) is 5.88 Å². The summed E-state index contributed by atoms with van der Waals surface area (Å²) in [5, 5.41) is 12.0. The van der Waals surface area contributed by atoms with Gasteiger partial charge in [-0.3, -0.25) is 0 Å². The molecule has 17 heavy (non-hydrogen) atoms. The number of rotatable bonds is 5. The molecular weight excluding hydrogens is 220 g/mol. The molecular formula is C12H18N2O3. The summed E-state index contributed by atoms with van der Waals surface area (Å²) in [5.41, 5.74) is 0.994. The average molecular weight is 238 g/mol. The Kier molecular flexibility index (Phi) is 4.58. The van der Waals surface area contributed by atoms with Crippen LogP contribution in [0.1, 0.15) is 12.8 Å². The van der Waals surface area contributed by atoms with E-state index >= 15 is 0 Å². The molecule has 2 N–H and O–H groups in total. The van der Waals surface area contributed by atoms with Crippen LogP contribution in [-0.4, -0.2) is 42.6 Å². The molecule has 1 saturated heterocycles. The second-order valence-corrected chi connectivity index (χ2v) is 3.99. The fraction of sp³-hybridized carbons (Fsp3) is 0.583. The van der Waals surface area contributed by atoms with Gasteiger partial charge in [0.05, 0.1) is 18.5 Å². The van der Waals surface area contributed by atoms with Crippen molar-refractivity contribution < 1.29 is 14.6 Å². The first-order valence-electron chi connectivity index (χ1n) is 5.92. The molecule has 2 heterocycles. The lowest BCUT2D eigenvalue weighted by molar-refractivity contribution is 0.0904. The van der Waals surface area contributed by atoms with Crippen LogP contribution < -0.4 is 10.1 Å². The first-order chi connectivity index (χ1) is 8.38. The van der Waals surface area contributed by atoms with E-state index in [4.69, 9.17) is 14.6 Å². The molecule has 1 aromatic heterocycles. The van der Waals surface area contributed by atoms with E-state index in [0.717, 1.165) is 31.7 Å². The Balaban J connectivity index is 1.84. The number of pyridine rings is 1. The van der Waals surface area contributed by atoms with E-state index in [1.165, 1.54) is 0 Å². The Hall–Kier alpha value is -1.33. The van der Waals surface area contributed by atoms with Gasteiger partial charge >= 0.3 is 0 Å². The van der Waals surface area contributed by atoms with Crippen molar-refractivity contribution >= 4 is 5.69 Å². The van der Waals surface area contributed by atoms with E-state index in [-0.39, 0.29) is 13.2 Å². The molecule has 1 aliphatic rings. The molecule has 1 fully saturated rings. The van der Waals surface area contributed by atoms with Crippen molar-refractivity contribution in [1.29, 1.82) is 0 Å². The SMILES string of the molecule is OCCOc1ccc(NC2CCOCC2)cn1. The number of aliphatic hydroxyl groups excluding tert-OH is 1. The zero-order valence-corrected chi connectivity index (χ0v) is 9.76. The molecule has 1 aromatic rings. The highest BCUT2D eigenvalue weighted by atomic mass is 16.5. The summed E-state index contributed by atoms with van der Waals surface area (Å²) < 4.78 is 10.5. The molecule has 0 atom stereocenters. The van der Waals surface area contributed by atoms with Crippen LogP contribution in [0, 0.1) is 0 Å². The molecule has 0 aromatic carbocycles.